The van der Waals surface area contributed by atoms with Crippen molar-refractivity contribution in [2.45, 2.75) is 31.4 Å². The van der Waals surface area contributed by atoms with Crippen LogP contribution < -0.4 is 11.2 Å². The SMILES string of the molecule is COCc1cn([C@H]2C[C@H](N=[N+]=[N-])[C@@H](CO)O2)c(=O)[nH]c1=O. The monoisotopic (exact) mass is 297 g/mol. The van der Waals surface area contributed by atoms with Crippen LogP contribution in [0.3, 0.4) is 0 Å². The van der Waals surface area contributed by atoms with Crippen LogP contribution >= 0.6 is 0 Å². The first-order chi connectivity index (χ1) is 10.1. The van der Waals surface area contributed by atoms with Gasteiger partial charge < -0.3 is 14.6 Å². The molecular formula is C11H15N5O5. The van der Waals surface area contributed by atoms with Crippen molar-refractivity contribution in [2.24, 2.45) is 5.11 Å². The molecule has 0 unspecified atom stereocenters. The van der Waals surface area contributed by atoms with Gasteiger partial charge in [-0.1, -0.05) is 5.11 Å². The molecule has 0 radical (unpaired) electrons. The molecule has 114 valence electrons. The first-order valence-corrected chi connectivity index (χ1v) is 6.24. The van der Waals surface area contributed by atoms with Gasteiger partial charge in [-0.2, -0.15) is 0 Å². The van der Waals surface area contributed by atoms with Crippen molar-refractivity contribution in [2.75, 3.05) is 13.7 Å². The second-order valence-electron chi connectivity index (χ2n) is 4.57. The summed E-state index contributed by atoms with van der Waals surface area (Å²) in [7, 11) is 1.43. The molecule has 10 nitrogen and oxygen atoms in total. The molecule has 3 atom stereocenters. The quantitative estimate of drug-likeness (QED) is 0.433. The summed E-state index contributed by atoms with van der Waals surface area (Å²) >= 11 is 0. The maximum Gasteiger partial charge on any atom is 0.330 e. The molecule has 1 aliphatic rings. The summed E-state index contributed by atoms with van der Waals surface area (Å²) in [6.45, 7) is -0.283. The van der Waals surface area contributed by atoms with E-state index >= 15 is 0 Å². The third kappa shape index (κ3) is 3.14. The van der Waals surface area contributed by atoms with E-state index in [1.54, 1.807) is 0 Å². The van der Waals surface area contributed by atoms with E-state index in [-0.39, 0.29) is 25.2 Å². The molecule has 1 aromatic rings. The standard InChI is InChI=1S/C11H15N5O5/c1-20-5-6-3-16(11(19)13-10(6)18)9-2-7(14-15-12)8(4-17)21-9/h3,7-9,17H,2,4-5H2,1H3,(H,13,18,19)/t7-,8+,9+/m0/s1. The van der Waals surface area contributed by atoms with E-state index in [9.17, 15) is 14.7 Å². The van der Waals surface area contributed by atoms with Gasteiger partial charge in [-0.25, -0.2) is 4.79 Å². The number of aromatic nitrogens is 2. The molecule has 21 heavy (non-hydrogen) atoms. The first-order valence-electron chi connectivity index (χ1n) is 6.24. The summed E-state index contributed by atoms with van der Waals surface area (Å²) in [4.78, 5) is 28.3. The molecule has 1 aliphatic heterocycles. The van der Waals surface area contributed by atoms with Gasteiger partial charge in [-0.05, 0) is 5.53 Å². The molecule has 0 amide bonds. The lowest BCUT2D eigenvalue weighted by atomic mass is 10.1. The van der Waals surface area contributed by atoms with Gasteiger partial charge in [0.2, 0.25) is 0 Å². The highest BCUT2D eigenvalue weighted by Crippen LogP contribution is 2.29. The van der Waals surface area contributed by atoms with Gasteiger partial charge in [0.1, 0.15) is 6.23 Å². The Morgan fingerprint density at radius 3 is 3.05 bits per heavy atom. The summed E-state index contributed by atoms with van der Waals surface area (Å²) in [6.07, 6.45) is 0.170. The Morgan fingerprint density at radius 2 is 2.43 bits per heavy atom. The average molecular weight is 297 g/mol. The van der Waals surface area contributed by atoms with Gasteiger partial charge in [-0.3, -0.25) is 14.3 Å². The van der Waals surface area contributed by atoms with E-state index in [1.165, 1.54) is 17.9 Å². The van der Waals surface area contributed by atoms with Crippen molar-refractivity contribution < 1.29 is 14.6 Å². The third-order valence-electron chi connectivity index (χ3n) is 3.24. The molecule has 1 fully saturated rings. The van der Waals surface area contributed by atoms with Gasteiger partial charge in [0.05, 0.1) is 30.9 Å². The summed E-state index contributed by atoms with van der Waals surface area (Å²) in [5.41, 5.74) is 7.60. The summed E-state index contributed by atoms with van der Waals surface area (Å²) in [5.74, 6) is 0. The van der Waals surface area contributed by atoms with E-state index in [0.717, 1.165) is 0 Å². The normalized spacial score (nSPS) is 24.8. The predicted octanol–water partition coefficient (Wildman–Crippen LogP) is -0.358. The van der Waals surface area contributed by atoms with E-state index in [2.05, 4.69) is 15.0 Å². The number of nitrogens with one attached hydrogen (secondary N) is 1. The molecule has 2 rings (SSSR count). The van der Waals surface area contributed by atoms with Crippen LogP contribution in [0.15, 0.2) is 20.9 Å². The van der Waals surface area contributed by atoms with E-state index < -0.39 is 29.6 Å². The molecule has 0 bridgehead atoms. The number of methoxy groups -OCH3 is 1. The summed E-state index contributed by atoms with van der Waals surface area (Å²) < 4.78 is 11.6. The molecule has 10 heteroatoms. The maximum absolute atomic E-state index is 11.9. The summed E-state index contributed by atoms with van der Waals surface area (Å²) in [6, 6.07) is -0.574. The number of ether oxygens (including phenoxy) is 2. The maximum atomic E-state index is 11.9. The Labute approximate surface area is 118 Å². The number of rotatable bonds is 5. The molecule has 1 aromatic heterocycles. The molecule has 2 N–H and O–H groups in total. The van der Waals surface area contributed by atoms with Crippen molar-refractivity contribution >= 4 is 0 Å². The first kappa shape index (κ1) is 15.3. The molecule has 0 aromatic carbocycles. The van der Waals surface area contributed by atoms with Crippen LogP contribution in [-0.2, 0) is 16.1 Å². The van der Waals surface area contributed by atoms with Crippen LogP contribution in [-0.4, -0.2) is 40.5 Å². The van der Waals surface area contributed by atoms with Crippen LogP contribution in [0.25, 0.3) is 10.4 Å². The predicted molar refractivity (Wildman–Crippen MR) is 70.6 cm³/mol. The van der Waals surface area contributed by atoms with Crippen molar-refractivity contribution in [3.05, 3.63) is 43.0 Å². The number of hydrogen-bond acceptors (Lipinski definition) is 6. The Kier molecular flexibility index (Phi) is 4.76. The highest BCUT2D eigenvalue weighted by atomic mass is 16.5. The lowest BCUT2D eigenvalue weighted by Gasteiger charge is -2.15. The van der Waals surface area contributed by atoms with Gasteiger partial charge in [0, 0.05) is 24.6 Å². The van der Waals surface area contributed by atoms with Crippen molar-refractivity contribution in [1.82, 2.24) is 9.55 Å². The minimum atomic E-state index is -0.724. The van der Waals surface area contributed by atoms with Gasteiger partial charge in [-0.15, -0.1) is 0 Å². The van der Waals surface area contributed by atoms with Gasteiger partial charge >= 0.3 is 5.69 Å². The fourth-order valence-corrected chi connectivity index (χ4v) is 2.24. The van der Waals surface area contributed by atoms with Crippen LogP contribution in [0.5, 0.6) is 0 Å². The Hall–Kier alpha value is -2.13. The minimum absolute atomic E-state index is 0.0472. The molecule has 0 saturated carbocycles. The number of hydrogen-bond donors (Lipinski definition) is 2. The molecule has 1 saturated heterocycles. The van der Waals surface area contributed by atoms with Crippen LogP contribution in [0.1, 0.15) is 18.2 Å². The number of aromatic amines is 1. The number of nitrogens with zero attached hydrogens (tertiary/aromatic N) is 4. The Bertz CT molecular complexity index is 662. The fourth-order valence-electron chi connectivity index (χ4n) is 2.24. The lowest BCUT2D eigenvalue weighted by Crippen LogP contribution is -2.34. The largest absolute Gasteiger partial charge is 0.394 e. The van der Waals surface area contributed by atoms with Crippen LogP contribution in [0.4, 0.5) is 0 Å². The Morgan fingerprint density at radius 1 is 1.67 bits per heavy atom. The number of azide groups is 1. The highest BCUT2D eigenvalue weighted by molar-refractivity contribution is 5.04. The van der Waals surface area contributed by atoms with Gasteiger partial charge in [0.25, 0.3) is 5.56 Å². The number of aliphatic hydroxyl groups is 1. The van der Waals surface area contributed by atoms with Crippen LogP contribution in [0.2, 0.25) is 0 Å². The summed E-state index contributed by atoms with van der Waals surface area (Å²) in [5, 5.41) is 12.7. The van der Waals surface area contributed by atoms with E-state index in [0.29, 0.717) is 0 Å². The van der Waals surface area contributed by atoms with Crippen molar-refractivity contribution in [3.63, 3.8) is 0 Å². The zero-order valence-corrected chi connectivity index (χ0v) is 11.3. The van der Waals surface area contributed by atoms with E-state index in [4.69, 9.17) is 15.0 Å². The topological polar surface area (TPSA) is 142 Å². The number of aliphatic hydroxyl groups excluding tert-OH is 1. The zero-order valence-electron chi connectivity index (χ0n) is 11.3. The van der Waals surface area contributed by atoms with Crippen LogP contribution in [0, 0.1) is 0 Å². The highest BCUT2D eigenvalue weighted by Gasteiger charge is 2.35. The third-order valence-corrected chi connectivity index (χ3v) is 3.24. The second kappa shape index (κ2) is 6.55. The molecule has 0 aliphatic carbocycles. The van der Waals surface area contributed by atoms with E-state index in [1.807, 2.05) is 0 Å². The molecule has 0 spiro atoms. The minimum Gasteiger partial charge on any atom is -0.394 e. The lowest BCUT2D eigenvalue weighted by molar-refractivity contribution is -0.0273. The molecular weight excluding hydrogens is 282 g/mol. The Balaban J connectivity index is 2.34. The fraction of sp³-hybridized carbons (Fsp3) is 0.636. The molecule has 2 heterocycles. The second-order valence-corrected chi connectivity index (χ2v) is 4.57. The average Bonchev–Trinajstić information content (AvgIpc) is 2.85. The zero-order chi connectivity index (χ0) is 15.4. The number of H-pyrrole nitrogens is 1. The van der Waals surface area contributed by atoms with Crippen molar-refractivity contribution in [3.8, 4) is 0 Å². The van der Waals surface area contributed by atoms with Crippen molar-refractivity contribution in [1.29, 1.82) is 0 Å². The van der Waals surface area contributed by atoms with Gasteiger partial charge in [0.15, 0.2) is 0 Å². The smallest absolute Gasteiger partial charge is 0.330 e.